The predicted molar refractivity (Wildman–Crippen MR) is 71.8 cm³/mol. The molecule has 1 rings (SSSR count). The van der Waals surface area contributed by atoms with Crippen molar-refractivity contribution in [3.05, 3.63) is 35.9 Å². The number of hydrogen-bond acceptors (Lipinski definition) is 1. The second-order valence-electron chi connectivity index (χ2n) is 5.33. The Morgan fingerprint density at radius 2 is 1.81 bits per heavy atom. The zero-order valence-corrected chi connectivity index (χ0v) is 11.1. The average molecular weight is 219 g/mol. The summed E-state index contributed by atoms with van der Waals surface area (Å²) < 4.78 is 0. The molecule has 0 heterocycles. The summed E-state index contributed by atoms with van der Waals surface area (Å²) in [6, 6.07) is 10.7. The largest absolute Gasteiger partial charge is 0.311 e. The summed E-state index contributed by atoms with van der Waals surface area (Å²) in [6.07, 6.45) is 2.47. The molecule has 0 aromatic heterocycles. The first-order chi connectivity index (χ1) is 7.55. The lowest BCUT2D eigenvalue weighted by Crippen LogP contribution is -2.41. The molecule has 1 N–H and O–H groups in total. The van der Waals surface area contributed by atoms with Crippen LogP contribution < -0.4 is 5.32 Å². The highest BCUT2D eigenvalue weighted by Crippen LogP contribution is 2.16. The Hall–Kier alpha value is -0.820. The van der Waals surface area contributed by atoms with Gasteiger partial charge in [-0.25, -0.2) is 0 Å². The highest BCUT2D eigenvalue weighted by atomic mass is 15.0. The monoisotopic (exact) mass is 219 g/mol. The Labute approximate surface area is 100 Å². The summed E-state index contributed by atoms with van der Waals surface area (Å²) in [5.41, 5.74) is 1.68. The molecule has 0 aliphatic carbocycles. The second-order valence-corrected chi connectivity index (χ2v) is 5.33. The maximum Gasteiger partial charge on any atom is 0.0125 e. The van der Waals surface area contributed by atoms with Crippen LogP contribution in [-0.4, -0.2) is 12.1 Å². The van der Waals surface area contributed by atoms with Crippen LogP contribution in [0.4, 0.5) is 0 Å². The first-order valence-electron chi connectivity index (χ1n) is 6.35. The zero-order chi connectivity index (χ0) is 12.0. The van der Waals surface area contributed by atoms with E-state index in [1.54, 1.807) is 0 Å². The maximum atomic E-state index is 3.66. The van der Waals surface area contributed by atoms with Crippen molar-refractivity contribution in [2.75, 3.05) is 6.54 Å². The number of hydrogen-bond donors (Lipinski definition) is 1. The van der Waals surface area contributed by atoms with Crippen LogP contribution in [-0.2, 0) is 0 Å². The summed E-state index contributed by atoms with van der Waals surface area (Å²) in [5, 5.41) is 3.66. The van der Waals surface area contributed by atoms with Crippen LogP contribution in [0.1, 0.15) is 52.0 Å². The van der Waals surface area contributed by atoms with Crippen molar-refractivity contribution in [2.24, 2.45) is 0 Å². The van der Waals surface area contributed by atoms with Crippen LogP contribution in [0, 0.1) is 0 Å². The molecule has 0 amide bonds. The summed E-state index contributed by atoms with van der Waals surface area (Å²) in [5.74, 6) is 0.581. The summed E-state index contributed by atoms with van der Waals surface area (Å²) in [4.78, 5) is 0. The molecule has 0 bridgehead atoms. The van der Waals surface area contributed by atoms with E-state index in [4.69, 9.17) is 0 Å². The summed E-state index contributed by atoms with van der Waals surface area (Å²) in [7, 11) is 0. The molecule has 1 unspecified atom stereocenters. The molecule has 1 aromatic rings. The van der Waals surface area contributed by atoms with E-state index in [1.165, 1.54) is 18.4 Å². The smallest absolute Gasteiger partial charge is 0.0125 e. The molecule has 0 saturated carbocycles. The van der Waals surface area contributed by atoms with Gasteiger partial charge < -0.3 is 5.32 Å². The Kier molecular flexibility index (Phi) is 5.01. The van der Waals surface area contributed by atoms with E-state index in [0.717, 1.165) is 6.54 Å². The fourth-order valence-electron chi connectivity index (χ4n) is 2.04. The number of nitrogens with one attached hydrogen (secondary N) is 1. The van der Waals surface area contributed by atoms with Crippen LogP contribution in [0.2, 0.25) is 0 Å². The van der Waals surface area contributed by atoms with Gasteiger partial charge >= 0.3 is 0 Å². The molecule has 1 nitrogen and oxygen atoms in total. The molecule has 0 aliphatic heterocycles. The normalized spacial score (nSPS) is 13.8. The zero-order valence-electron chi connectivity index (χ0n) is 11.1. The Morgan fingerprint density at radius 1 is 1.19 bits per heavy atom. The molecule has 90 valence electrons. The van der Waals surface area contributed by atoms with Gasteiger partial charge in [0.25, 0.3) is 0 Å². The minimum absolute atomic E-state index is 0.262. The first kappa shape index (κ1) is 13.2. The molecule has 0 fully saturated rings. The Morgan fingerprint density at radius 3 is 2.38 bits per heavy atom. The molecule has 1 heteroatoms. The van der Waals surface area contributed by atoms with Gasteiger partial charge in [0.2, 0.25) is 0 Å². The van der Waals surface area contributed by atoms with E-state index in [2.05, 4.69) is 63.3 Å². The minimum Gasteiger partial charge on any atom is -0.311 e. The molecule has 1 atom stereocenters. The number of rotatable bonds is 6. The topological polar surface area (TPSA) is 12.0 Å². The standard InChI is InChI=1S/C15H25N/c1-5-11-15(3,4)16-12-13(2)14-9-7-6-8-10-14/h6-10,13,16H,5,11-12H2,1-4H3. The number of benzene rings is 1. The van der Waals surface area contributed by atoms with Gasteiger partial charge in [-0.1, -0.05) is 50.6 Å². The minimum atomic E-state index is 0.262. The van der Waals surface area contributed by atoms with E-state index in [0.29, 0.717) is 5.92 Å². The van der Waals surface area contributed by atoms with Crippen molar-refractivity contribution in [3.8, 4) is 0 Å². The summed E-state index contributed by atoms with van der Waals surface area (Å²) in [6.45, 7) is 10.1. The van der Waals surface area contributed by atoms with Crippen molar-refractivity contribution in [3.63, 3.8) is 0 Å². The van der Waals surface area contributed by atoms with Gasteiger partial charge in [0.15, 0.2) is 0 Å². The predicted octanol–water partition coefficient (Wildman–Crippen LogP) is 3.96. The third-order valence-corrected chi connectivity index (χ3v) is 3.13. The third kappa shape index (κ3) is 4.36. The van der Waals surface area contributed by atoms with Gasteiger partial charge in [0, 0.05) is 12.1 Å². The highest BCUT2D eigenvalue weighted by molar-refractivity contribution is 5.19. The van der Waals surface area contributed by atoms with Gasteiger partial charge in [-0.05, 0) is 31.7 Å². The molecule has 16 heavy (non-hydrogen) atoms. The fourth-order valence-corrected chi connectivity index (χ4v) is 2.04. The fraction of sp³-hybridized carbons (Fsp3) is 0.600. The molecular formula is C15H25N. The third-order valence-electron chi connectivity index (χ3n) is 3.13. The van der Waals surface area contributed by atoms with Crippen LogP contribution >= 0.6 is 0 Å². The second kappa shape index (κ2) is 6.05. The van der Waals surface area contributed by atoms with E-state index < -0.39 is 0 Å². The van der Waals surface area contributed by atoms with Crippen LogP contribution in [0.3, 0.4) is 0 Å². The van der Waals surface area contributed by atoms with Gasteiger partial charge in [-0.15, -0.1) is 0 Å². The van der Waals surface area contributed by atoms with E-state index in [9.17, 15) is 0 Å². The first-order valence-corrected chi connectivity index (χ1v) is 6.35. The van der Waals surface area contributed by atoms with Crippen molar-refractivity contribution < 1.29 is 0 Å². The lowest BCUT2D eigenvalue weighted by Gasteiger charge is -2.28. The van der Waals surface area contributed by atoms with E-state index in [-0.39, 0.29) is 5.54 Å². The molecule has 0 aliphatic rings. The lowest BCUT2D eigenvalue weighted by molar-refractivity contribution is 0.351. The van der Waals surface area contributed by atoms with Crippen molar-refractivity contribution in [2.45, 2.75) is 52.0 Å². The lowest BCUT2D eigenvalue weighted by atomic mass is 9.96. The SMILES string of the molecule is CCCC(C)(C)NCC(C)c1ccccc1. The molecule has 0 radical (unpaired) electrons. The molecule has 0 spiro atoms. The summed E-state index contributed by atoms with van der Waals surface area (Å²) >= 11 is 0. The van der Waals surface area contributed by atoms with Crippen molar-refractivity contribution >= 4 is 0 Å². The molecular weight excluding hydrogens is 194 g/mol. The van der Waals surface area contributed by atoms with E-state index >= 15 is 0 Å². The van der Waals surface area contributed by atoms with Crippen LogP contribution in [0.5, 0.6) is 0 Å². The van der Waals surface area contributed by atoms with Gasteiger partial charge in [-0.2, -0.15) is 0 Å². The van der Waals surface area contributed by atoms with Gasteiger partial charge in [0.05, 0.1) is 0 Å². The van der Waals surface area contributed by atoms with Crippen LogP contribution in [0.25, 0.3) is 0 Å². The Bertz CT molecular complexity index is 290. The van der Waals surface area contributed by atoms with Gasteiger partial charge in [-0.3, -0.25) is 0 Å². The Balaban J connectivity index is 2.44. The molecule has 1 aromatic carbocycles. The maximum absolute atomic E-state index is 3.66. The van der Waals surface area contributed by atoms with Crippen molar-refractivity contribution in [1.29, 1.82) is 0 Å². The van der Waals surface area contributed by atoms with Gasteiger partial charge in [0.1, 0.15) is 0 Å². The average Bonchev–Trinajstić information content (AvgIpc) is 2.27. The highest BCUT2D eigenvalue weighted by Gasteiger charge is 2.16. The van der Waals surface area contributed by atoms with E-state index in [1.807, 2.05) is 0 Å². The van der Waals surface area contributed by atoms with Crippen LogP contribution in [0.15, 0.2) is 30.3 Å². The molecule has 0 saturated heterocycles. The van der Waals surface area contributed by atoms with Crippen molar-refractivity contribution in [1.82, 2.24) is 5.32 Å². The quantitative estimate of drug-likeness (QED) is 0.763.